The van der Waals surface area contributed by atoms with Crippen LogP contribution in [0.2, 0.25) is 36.3 Å². The molecule has 10 atom stereocenters. The third kappa shape index (κ3) is 15.9. The summed E-state index contributed by atoms with van der Waals surface area (Å²) in [6.07, 6.45) is 25.1. The number of hydrogen-bond acceptors (Lipinski definition) is 15. The van der Waals surface area contributed by atoms with Crippen LogP contribution in [0.1, 0.15) is 77.0 Å². The van der Waals surface area contributed by atoms with E-state index in [0.29, 0.717) is 78.0 Å². The van der Waals surface area contributed by atoms with Crippen LogP contribution in [0, 0.1) is 11.8 Å². The van der Waals surface area contributed by atoms with Gasteiger partial charge in [0.15, 0.2) is 0 Å². The molecule has 23 heteroatoms. The van der Waals surface area contributed by atoms with Gasteiger partial charge in [0, 0.05) is 87.4 Å². The quantitative estimate of drug-likeness (QED) is 0.0392. The van der Waals surface area contributed by atoms with Gasteiger partial charge < -0.3 is 76.1 Å². The van der Waals surface area contributed by atoms with E-state index in [4.69, 9.17) is 47.8 Å². The highest BCUT2D eigenvalue weighted by atomic mass is 28.6. The molecule has 2 aliphatic carbocycles. The van der Waals surface area contributed by atoms with Crippen LogP contribution >= 0.6 is 0 Å². The molecule has 364 valence electrons. The normalized spacial score (nSPS) is 37.0. The smallest absolute Gasteiger partial charge is 0.391 e. The van der Waals surface area contributed by atoms with Gasteiger partial charge in [-0.25, -0.2) is 0 Å². The summed E-state index contributed by atoms with van der Waals surface area (Å²) in [5.74, 6) is 0.569. The average Bonchev–Trinajstić information content (AvgIpc) is 4.16. The largest absolute Gasteiger partial charge is 0.483 e. The van der Waals surface area contributed by atoms with Crippen molar-refractivity contribution in [2.45, 2.75) is 139 Å². The predicted octanol–water partition coefficient (Wildman–Crippen LogP) is 5.62. The summed E-state index contributed by atoms with van der Waals surface area (Å²) in [6.45, 7) is 3.89. The minimum atomic E-state index is -4.53. The molecule has 8 rings (SSSR count). The Bertz CT molecular complexity index is 1680. The molecule has 0 radical (unpaired) electrons. The van der Waals surface area contributed by atoms with Gasteiger partial charge in [0.05, 0.1) is 26.4 Å². The number of aryl methyl sites for hydroxylation is 2. The van der Waals surface area contributed by atoms with E-state index >= 15 is 0 Å². The molecule has 4 saturated heterocycles. The van der Waals surface area contributed by atoms with Crippen molar-refractivity contribution in [2.24, 2.45) is 11.8 Å². The van der Waals surface area contributed by atoms with Crippen molar-refractivity contribution in [3.8, 4) is 0 Å². The van der Waals surface area contributed by atoms with Gasteiger partial charge in [-0.3, -0.25) is 0 Å². The van der Waals surface area contributed by atoms with Crippen LogP contribution in [-0.2, 0) is 60.8 Å². The highest BCUT2D eigenvalue weighted by Crippen LogP contribution is 2.45. The van der Waals surface area contributed by atoms with Crippen molar-refractivity contribution >= 4 is 52.8 Å². The molecular formula is C42H72N2O15Si6. The van der Waals surface area contributed by atoms with Crippen molar-refractivity contribution < 1.29 is 66.9 Å². The molecule has 0 saturated carbocycles. The van der Waals surface area contributed by atoms with Crippen LogP contribution in [0.15, 0.2) is 73.4 Å². The molecular weight excluding hydrogens is 941 g/mol. The van der Waals surface area contributed by atoms with E-state index in [1.807, 2.05) is 58.2 Å². The summed E-state index contributed by atoms with van der Waals surface area (Å²) < 4.78 is 75.9. The number of hydrogen-bond donors (Lipinski definition) is 4. The number of epoxide rings is 2. The van der Waals surface area contributed by atoms with Crippen LogP contribution in [0.5, 0.6) is 0 Å². The summed E-state index contributed by atoms with van der Waals surface area (Å²) in [4.78, 5) is 51.9. The lowest BCUT2D eigenvalue weighted by Gasteiger charge is -2.52. The Labute approximate surface area is 390 Å². The van der Waals surface area contributed by atoms with Gasteiger partial charge in [-0.1, -0.05) is 24.3 Å². The lowest BCUT2D eigenvalue weighted by atomic mass is 9.92. The molecule has 17 nitrogen and oxygen atoms in total. The maximum absolute atomic E-state index is 13.1. The number of allylic oxidation sites excluding steroid dienone is 4. The molecule has 2 aromatic rings. The van der Waals surface area contributed by atoms with Crippen molar-refractivity contribution in [1.82, 2.24) is 9.13 Å². The van der Waals surface area contributed by atoms with Crippen LogP contribution in [0.3, 0.4) is 0 Å². The SMILES string of the molecule is O[Si]1(CCCOCC2CO2)O[Si](O)(CCCOCC2CO2)O[Si]2(CCCn3cccc3)O[Si](O)(CCC3CC=CCC3)O[Si](O)(CCC3CC=CCC3)O[Si](CCCn3cccc3)(O1)O2. The molecule has 4 N–H and O–H groups in total. The Morgan fingerprint density at radius 2 is 0.877 bits per heavy atom. The Balaban J connectivity index is 1.16. The van der Waals surface area contributed by atoms with E-state index in [1.54, 1.807) is 0 Å². The van der Waals surface area contributed by atoms with E-state index < -0.39 is 52.8 Å². The molecule has 6 aliphatic rings. The van der Waals surface area contributed by atoms with Crippen molar-refractivity contribution in [2.75, 3.05) is 39.6 Å². The topological polar surface area (TPSA) is 199 Å². The van der Waals surface area contributed by atoms with Gasteiger partial charge in [-0.05, 0) is 113 Å². The standard InChI is InChI=1S/C42H72N2O15Si6/c45-60(29-13-27-49-35-41-37-51-41)53-61(46,30-14-28-50-36-42-38-52-42)56-65(32-12-26-44-23-9-10-24-44)58-63(48,34-20-40-17-5-2-6-18-40)54-62(47,33-19-39-15-3-1-4-16-39)57-64(55-60,59-65)31-11-25-43-21-7-8-22-43/h1-3,5,7-10,21-24,39-42,45-48H,4,6,11-20,25-38H2. The van der Waals surface area contributed by atoms with E-state index in [2.05, 4.69) is 24.3 Å². The van der Waals surface area contributed by atoms with E-state index in [0.717, 1.165) is 38.5 Å². The second-order valence-corrected chi connectivity index (χ2v) is 35.8. The number of rotatable bonds is 26. The highest BCUT2D eigenvalue weighted by Gasteiger charge is 2.72. The number of aromatic nitrogens is 2. The van der Waals surface area contributed by atoms with Gasteiger partial charge in [0.2, 0.25) is 0 Å². The fourth-order valence-electron chi connectivity index (χ4n) is 9.19. The molecule has 6 heterocycles. The molecule has 4 fully saturated rings. The Morgan fingerprint density at radius 3 is 1.25 bits per heavy atom. The second kappa shape index (κ2) is 23.1. The van der Waals surface area contributed by atoms with Crippen molar-refractivity contribution in [3.63, 3.8) is 0 Å². The zero-order chi connectivity index (χ0) is 45.1. The summed E-state index contributed by atoms with van der Waals surface area (Å²) >= 11 is 0. The fraction of sp³-hybridized carbons (Fsp3) is 0.714. The number of nitrogens with zero attached hydrogens (tertiary/aromatic N) is 2. The number of ether oxygens (including phenoxy) is 4. The highest BCUT2D eigenvalue weighted by molar-refractivity contribution is 6.94. The minimum absolute atomic E-state index is 0.00139. The van der Waals surface area contributed by atoms with Gasteiger partial charge in [-0.2, -0.15) is 0 Å². The summed E-state index contributed by atoms with van der Waals surface area (Å²) in [6, 6.07) is 8.39. The minimum Gasteiger partial charge on any atom is -0.391 e. The molecule has 65 heavy (non-hydrogen) atoms. The Kier molecular flexibility index (Phi) is 17.8. The lowest BCUT2D eigenvalue weighted by molar-refractivity contribution is 0.0277. The molecule has 2 aromatic heterocycles. The van der Waals surface area contributed by atoms with Gasteiger partial charge in [0.25, 0.3) is 0 Å². The zero-order valence-electron chi connectivity index (χ0n) is 37.8. The monoisotopic (exact) mass is 1010 g/mol. The summed E-state index contributed by atoms with van der Waals surface area (Å²) in [5.41, 5.74) is 0. The average molecular weight is 1010 g/mol. The molecule has 2 bridgehead atoms. The predicted molar refractivity (Wildman–Crippen MR) is 250 cm³/mol. The van der Waals surface area contributed by atoms with Crippen LogP contribution < -0.4 is 0 Å². The third-order valence-corrected chi connectivity index (χ3v) is 36.2. The molecule has 10 unspecified atom stereocenters. The van der Waals surface area contributed by atoms with Gasteiger partial charge in [0.1, 0.15) is 12.2 Å². The first kappa shape index (κ1) is 50.1. The van der Waals surface area contributed by atoms with Crippen LogP contribution in [0.4, 0.5) is 0 Å². The molecule has 4 aliphatic heterocycles. The first-order valence-corrected chi connectivity index (χ1v) is 35.9. The van der Waals surface area contributed by atoms with Crippen LogP contribution in [0.25, 0.3) is 0 Å². The summed E-state index contributed by atoms with van der Waals surface area (Å²) in [7, 11) is -26.8. The molecule has 0 aromatic carbocycles. The van der Waals surface area contributed by atoms with Crippen LogP contribution in [-0.4, -0.2) is 133 Å². The number of fused-ring (bicyclic) bond motifs is 2. The second-order valence-electron chi connectivity index (χ2n) is 18.6. The van der Waals surface area contributed by atoms with E-state index in [-0.39, 0.29) is 73.5 Å². The fourth-order valence-corrected chi connectivity index (χ4v) is 37.9. The lowest BCUT2D eigenvalue weighted by Crippen LogP contribution is -2.78. The summed E-state index contributed by atoms with van der Waals surface area (Å²) in [5, 5.41) is 0. The maximum Gasteiger partial charge on any atom is 0.483 e. The van der Waals surface area contributed by atoms with Crippen molar-refractivity contribution in [3.05, 3.63) is 73.4 Å². The Hall–Kier alpha value is -1.26. The maximum atomic E-state index is 13.1. The molecule has 0 amide bonds. The first-order chi connectivity index (χ1) is 31.4. The van der Waals surface area contributed by atoms with Gasteiger partial charge >= 0.3 is 52.8 Å². The van der Waals surface area contributed by atoms with Gasteiger partial charge in [-0.15, -0.1) is 0 Å². The Morgan fingerprint density at radius 1 is 0.477 bits per heavy atom. The third-order valence-electron chi connectivity index (χ3n) is 12.8. The van der Waals surface area contributed by atoms with E-state index in [9.17, 15) is 19.2 Å². The van der Waals surface area contributed by atoms with Crippen molar-refractivity contribution in [1.29, 1.82) is 0 Å². The first-order valence-electron chi connectivity index (χ1n) is 24.1. The molecule has 0 spiro atoms. The zero-order valence-corrected chi connectivity index (χ0v) is 43.8. The van der Waals surface area contributed by atoms with E-state index in [1.165, 1.54) is 0 Å².